The Balaban J connectivity index is 2.50. The monoisotopic (exact) mass is 250 g/mol. The summed E-state index contributed by atoms with van der Waals surface area (Å²) >= 11 is 0. The van der Waals surface area contributed by atoms with Crippen LogP contribution in [0.3, 0.4) is 0 Å². The fraction of sp³-hybridized carbons (Fsp3) is 0.385. The largest absolute Gasteiger partial charge is 0.389 e. The van der Waals surface area contributed by atoms with Gasteiger partial charge in [-0.1, -0.05) is 17.7 Å². The van der Waals surface area contributed by atoms with Crippen LogP contribution in [0.2, 0.25) is 0 Å². The molecule has 2 amide bonds. The molecule has 0 bridgehead atoms. The normalized spacial score (nSPS) is 10.9. The highest BCUT2D eigenvalue weighted by atomic mass is 16.3. The molecule has 1 rings (SSSR count). The van der Waals surface area contributed by atoms with Gasteiger partial charge in [-0.15, -0.1) is 0 Å². The molecular formula is C13H18N2O3. The molecule has 1 aromatic rings. The van der Waals surface area contributed by atoms with Crippen LogP contribution >= 0.6 is 0 Å². The molecule has 0 aliphatic carbocycles. The molecule has 0 radical (unpaired) electrons. The minimum atomic E-state index is -1.04. The van der Waals surface area contributed by atoms with Crippen LogP contribution in [0.5, 0.6) is 0 Å². The summed E-state index contributed by atoms with van der Waals surface area (Å²) in [6.45, 7) is 5.05. The van der Waals surface area contributed by atoms with E-state index in [1.807, 2.05) is 19.1 Å². The van der Waals surface area contributed by atoms with E-state index >= 15 is 0 Å². The summed E-state index contributed by atoms with van der Waals surface area (Å²) in [6.07, 6.45) is 0. The molecule has 1 aromatic carbocycles. The zero-order valence-electron chi connectivity index (χ0n) is 10.8. The van der Waals surface area contributed by atoms with Crippen LogP contribution in [-0.2, 0) is 9.59 Å². The molecule has 18 heavy (non-hydrogen) atoms. The predicted octanol–water partition coefficient (Wildman–Crippen LogP) is 0.821. The third-order valence-corrected chi connectivity index (χ3v) is 2.20. The number of benzene rings is 1. The van der Waals surface area contributed by atoms with Gasteiger partial charge in [-0.05, 0) is 32.9 Å². The van der Waals surface area contributed by atoms with Crippen molar-refractivity contribution in [3.05, 3.63) is 29.8 Å². The molecule has 0 atom stereocenters. The Hall–Kier alpha value is -1.88. The molecule has 0 saturated heterocycles. The molecule has 0 heterocycles. The Kier molecular flexibility index (Phi) is 4.44. The van der Waals surface area contributed by atoms with Gasteiger partial charge in [0.1, 0.15) is 0 Å². The van der Waals surface area contributed by atoms with Crippen LogP contribution < -0.4 is 10.6 Å². The van der Waals surface area contributed by atoms with Crippen molar-refractivity contribution in [2.75, 3.05) is 11.9 Å². The van der Waals surface area contributed by atoms with Crippen molar-refractivity contribution in [2.45, 2.75) is 26.4 Å². The fourth-order valence-electron chi connectivity index (χ4n) is 1.20. The van der Waals surface area contributed by atoms with Gasteiger partial charge in [0.15, 0.2) is 0 Å². The molecule has 0 aromatic heterocycles. The number of rotatable bonds is 3. The first-order chi connectivity index (χ1) is 8.28. The quantitative estimate of drug-likeness (QED) is 0.695. The minimum absolute atomic E-state index is 0.0210. The number of amides is 2. The minimum Gasteiger partial charge on any atom is -0.389 e. The van der Waals surface area contributed by atoms with Crippen molar-refractivity contribution in [3.63, 3.8) is 0 Å². The summed E-state index contributed by atoms with van der Waals surface area (Å²) in [5.74, 6) is -1.51. The second kappa shape index (κ2) is 5.64. The highest BCUT2D eigenvalue weighted by molar-refractivity contribution is 6.39. The molecule has 0 aliphatic rings. The van der Waals surface area contributed by atoms with E-state index in [0.29, 0.717) is 5.69 Å². The summed E-state index contributed by atoms with van der Waals surface area (Å²) in [5, 5.41) is 14.2. The Morgan fingerprint density at radius 1 is 1.17 bits per heavy atom. The van der Waals surface area contributed by atoms with Gasteiger partial charge >= 0.3 is 11.8 Å². The zero-order valence-corrected chi connectivity index (χ0v) is 10.8. The summed E-state index contributed by atoms with van der Waals surface area (Å²) in [6, 6.07) is 7.11. The number of aliphatic hydroxyl groups is 1. The smallest absolute Gasteiger partial charge is 0.313 e. The van der Waals surface area contributed by atoms with Crippen LogP contribution in [-0.4, -0.2) is 29.1 Å². The van der Waals surface area contributed by atoms with Gasteiger partial charge in [0.25, 0.3) is 0 Å². The van der Waals surface area contributed by atoms with Gasteiger partial charge in [0.2, 0.25) is 0 Å². The van der Waals surface area contributed by atoms with Crippen molar-refractivity contribution in [3.8, 4) is 0 Å². The van der Waals surface area contributed by atoms with E-state index in [1.54, 1.807) is 26.0 Å². The fourth-order valence-corrected chi connectivity index (χ4v) is 1.20. The van der Waals surface area contributed by atoms with Crippen LogP contribution in [0.4, 0.5) is 5.69 Å². The van der Waals surface area contributed by atoms with Crippen molar-refractivity contribution >= 4 is 17.5 Å². The molecule has 0 saturated carbocycles. The molecule has 0 aliphatic heterocycles. The molecule has 0 unspecified atom stereocenters. The summed E-state index contributed by atoms with van der Waals surface area (Å²) in [4.78, 5) is 22.9. The number of carbonyl (C=O) groups excluding carboxylic acids is 2. The van der Waals surface area contributed by atoms with Crippen molar-refractivity contribution in [1.82, 2.24) is 5.32 Å². The maximum atomic E-state index is 11.5. The van der Waals surface area contributed by atoms with Crippen LogP contribution in [0.15, 0.2) is 24.3 Å². The number of nitrogens with one attached hydrogen (secondary N) is 2. The Labute approximate surface area is 106 Å². The van der Waals surface area contributed by atoms with Gasteiger partial charge in [0, 0.05) is 12.2 Å². The van der Waals surface area contributed by atoms with E-state index in [1.165, 1.54) is 0 Å². The topological polar surface area (TPSA) is 78.4 Å². The van der Waals surface area contributed by atoms with Gasteiger partial charge in [-0.25, -0.2) is 0 Å². The third kappa shape index (κ3) is 4.97. The molecule has 5 nitrogen and oxygen atoms in total. The van der Waals surface area contributed by atoms with E-state index < -0.39 is 17.4 Å². The van der Waals surface area contributed by atoms with Crippen molar-refractivity contribution < 1.29 is 14.7 Å². The lowest BCUT2D eigenvalue weighted by Gasteiger charge is -2.17. The zero-order chi connectivity index (χ0) is 13.8. The van der Waals surface area contributed by atoms with Gasteiger partial charge in [-0.3, -0.25) is 9.59 Å². The van der Waals surface area contributed by atoms with Crippen LogP contribution in [0.1, 0.15) is 19.4 Å². The Morgan fingerprint density at radius 2 is 1.72 bits per heavy atom. The molecular weight excluding hydrogens is 232 g/mol. The van der Waals surface area contributed by atoms with E-state index in [4.69, 9.17) is 0 Å². The number of hydrogen-bond acceptors (Lipinski definition) is 3. The third-order valence-electron chi connectivity index (χ3n) is 2.20. The lowest BCUT2D eigenvalue weighted by molar-refractivity contribution is -0.136. The van der Waals surface area contributed by atoms with Gasteiger partial charge in [0.05, 0.1) is 5.60 Å². The highest BCUT2D eigenvalue weighted by Gasteiger charge is 2.18. The standard InChI is InChI=1S/C13H18N2O3/c1-9-4-6-10(7-5-9)15-12(17)11(16)14-8-13(2,3)18/h4-7,18H,8H2,1-3H3,(H,14,16)(H,15,17). The Morgan fingerprint density at radius 3 is 2.22 bits per heavy atom. The summed E-state index contributed by atoms with van der Waals surface area (Å²) < 4.78 is 0. The molecule has 5 heteroatoms. The number of carbonyl (C=O) groups is 2. The summed E-state index contributed by atoms with van der Waals surface area (Å²) in [5.41, 5.74) is 0.586. The lowest BCUT2D eigenvalue weighted by Crippen LogP contribution is -2.43. The first kappa shape index (κ1) is 14.2. The maximum absolute atomic E-state index is 11.5. The van der Waals surface area contributed by atoms with E-state index in [2.05, 4.69) is 10.6 Å². The highest BCUT2D eigenvalue weighted by Crippen LogP contribution is 2.08. The number of aryl methyl sites for hydroxylation is 1. The maximum Gasteiger partial charge on any atom is 0.313 e. The SMILES string of the molecule is Cc1ccc(NC(=O)C(=O)NCC(C)(C)O)cc1. The average Bonchev–Trinajstić information content (AvgIpc) is 2.28. The van der Waals surface area contributed by atoms with Gasteiger partial charge in [-0.2, -0.15) is 0 Å². The first-order valence-corrected chi connectivity index (χ1v) is 5.66. The number of anilines is 1. The van der Waals surface area contributed by atoms with Crippen molar-refractivity contribution in [2.24, 2.45) is 0 Å². The van der Waals surface area contributed by atoms with Gasteiger partial charge < -0.3 is 15.7 Å². The molecule has 98 valence electrons. The van der Waals surface area contributed by atoms with Crippen molar-refractivity contribution in [1.29, 1.82) is 0 Å². The molecule has 0 spiro atoms. The van der Waals surface area contributed by atoms with E-state index in [0.717, 1.165) is 5.56 Å². The Bertz CT molecular complexity index is 433. The molecule has 3 N–H and O–H groups in total. The first-order valence-electron chi connectivity index (χ1n) is 5.66. The molecule has 0 fully saturated rings. The second-order valence-electron chi connectivity index (χ2n) is 4.82. The average molecular weight is 250 g/mol. The van der Waals surface area contributed by atoms with Crippen LogP contribution in [0.25, 0.3) is 0 Å². The number of hydrogen-bond donors (Lipinski definition) is 3. The lowest BCUT2D eigenvalue weighted by atomic mass is 10.1. The second-order valence-corrected chi connectivity index (χ2v) is 4.82. The van der Waals surface area contributed by atoms with Crippen LogP contribution in [0, 0.1) is 6.92 Å². The van der Waals surface area contributed by atoms with E-state index in [-0.39, 0.29) is 6.54 Å². The summed E-state index contributed by atoms with van der Waals surface area (Å²) in [7, 11) is 0. The van der Waals surface area contributed by atoms with E-state index in [9.17, 15) is 14.7 Å². The predicted molar refractivity (Wildman–Crippen MR) is 69.1 cm³/mol.